The molecule has 1 aliphatic heterocycles. The van der Waals surface area contributed by atoms with E-state index in [0.717, 1.165) is 0 Å². The molecular weight excluding hydrogens is 511 g/mol. The van der Waals surface area contributed by atoms with Crippen molar-refractivity contribution in [3.05, 3.63) is 23.8 Å². The number of hydrogen-bond acceptors (Lipinski definition) is 9. The summed E-state index contributed by atoms with van der Waals surface area (Å²) >= 11 is 0. The molecule has 9 nitrogen and oxygen atoms in total. The molecule has 9 atom stereocenters. The maximum absolute atomic E-state index is 17.6. The van der Waals surface area contributed by atoms with E-state index in [9.17, 15) is 19.5 Å². The van der Waals surface area contributed by atoms with Crippen molar-refractivity contribution in [1.82, 2.24) is 0 Å². The number of esters is 1. The number of carbonyl (C=O) groups is 3. The van der Waals surface area contributed by atoms with Crippen molar-refractivity contribution in [2.45, 2.75) is 116 Å². The summed E-state index contributed by atoms with van der Waals surface area (Å²) in [5.41, 5.74) is -5.24. The number of fused-ring (bicyclic) bond motifs is 9. The first-order chi connectivity index (χ1) is 18.0. The molecule has 5 aliphatic rings. The highest BCUT2D eigenvalue weighted by Crippen LogP contribution is 2.72. The maximum Gasteiger partial charge on any atom is 0.511 e. The Bertz CT molecular complexity index is 1150. The van der Waals surface area contributed by atoms with Gasteiger partial charge in [0, 0.05) is 36.0 Å². The van der Waals surface area contributed by atoms with E-state index >= 15 is 4.39 Å². The smallest absolute Gasteiger partial charge is 0.431 e. The minimum Gasteiger partial charge on any atom is -0.431 e. The molecular formula is C29H39FO9. The lowest BCUT2D eigenvalue weighted by Gasteiger charge is -2.62. The molecule has 0 aromatic heterocycles. The topological polar surface area (TPSA) is 118 Å². The predicted molar refractivity (Wildman–Crippen MR) is 135 cm³/mol. The van der Waals surface area contributed by atoms with Gasteiger partial charge in [0.25, 0.3) is 0 Å². The Hall–Kier alpha value is -2.30. The van der Waals surface area contributed by atoms with Crippen LogP contribution in [0.25, 0.3) is 0 Å². The van der Waals surface area contributed by atoms with Gasteiger partial charge in [-0.05, 0) is 66.0 Å². The molecule has 2 bridgehead atoms. The van der Waals surface area contributed by atoms with Crippen LogP contribution in [0.15, 0.2) is 23.8 Å². The van der Waals surface area contributed by atoms with Gasteiger partial charge in [0.2, 0.25) is 6.29 Å². The number of halogens is 1. The molecule has 0 amide bonds. The molecule has 1 N–H and O–H groups in total. The van der Waals surface area contributed by atoms with E-state index in [0.29, 0.717) is 18.4 Å². The largest absolute Gasteiger partial charge is 0.511 e. The number of carbonyl (C=O) groups excluding carboxylic acids is 3. The van der Waals surface area contributed by atoms with E-state index in [2.05, 4.69) is 0 Å². The summed E-state index contributed by atoms with van der Waals surface area (Å²) in [6, 6.07) is 0. The van der Waals surface area contributed by atoms with Gasteiger partial charge in [-0.1, -0.05) is 18.6 Å². The molecule has 0 aromatic rings. The molecule has 0 spiro atoms. The van der Waals surface area contributed by atoms with Crippen LogP contribution in [0.2, 0.25) is 0 Å². The average molecular weight is 551 g/mol. The Morgan fingerprint density at radius 3 is 2.46 bits per heavy atom. The van der Waals surface area contributed by atoms with Crippen LogP contribution in [0, 0.1) is 22.7 Å². The third-order valence-electron chi connectivity index (χ3n) is 9.76. The van der Waals surface area contributed by atoms with Gasteiger partial charge in [-0.25, -0.2) is 14.0 Å². The lowest BCUT2D eigenvalue weighted by molar-refractivity contribution is -0.324. The number of allylic oxidation sites excluding steroid dienone is 4. The van der Waals surface area contributed by atoms with E-state index in [4.69, 9.17) is 23.7 Å². The summed E-state index contributed by atoms with van der Waals surface area (Å²) in [4.78, 5) is 38.0. The number of ether oxygens (including phenoxy) is 5. The quantitative estimate of drug-likeness (QED) is 0.404. The number of aliphatic hydroxyl groups excluding tert-OH is 1. The van der Waals surface area contributed by atoms with E-state index in [1.165, 1.54) is 19.1 Å². The van der Waals surface area contributed by atoms with Gasteiger partial charge in [0.05, 0.1) is 18.3 Å². The third-order valence-corrected chi connectivity index (χ3v) is 9.76. The lowest BCUT2D eigenvalue weighted by atomic mass is 9.44. The van der Waals surface area contributed by atoms with Gasteiger partial charge >= 0.3 is 12.1 Å². The number of aliphatic hydroxyl groups is 1. The summed E-state index contributed by atoms with van der Waals surface area (Å²) in [5.74, 6) is -3.33. The highest BCUT2D eigenvalue weighted by molar-refractivity contribution is 6.01. The summed E-state index contributed by atoms with van der Waals surface area (Å²) in [6.07, 6.45) is 0.649. The van der Waals surface area contributed by atoms with Crippen LogP contribution < -0.4 is 0 Å². The normalized spacial score (nSPS) is 44.5. The molecule has 216 valence electrons. The van der Waals surface area contributed by atoms with E-state index < -0.39 is 76.4 Å². The first kappa shape index (κ1) is 28.2. The Morgan fingerprint density at radius 2 is 1.79 bits per heavy atom. The monoisotopic (exact) mass is 550 g/mol. The van der Waals surface area contributed by atoms with Crippen molar-refractivity contribution < 1.29 is 47.6 Å². The molecule has 3 saturated carbocycles. The van der Waals surface area contributed by atoms with Crippen LogP contribution in [-0.4, -0.2) is 64.7 Å². The fraction of sp³-hybridized carbons (Fsp3) is 0.759. The highest BCUT2D eigenvalue weighted by Gasteiger charge is 2.80. The second kappa shape index (κ2) is 8.85. The first-order valence-electron chi connectivity index (χ1n) is 13.8. The van der Waals surface area contributed by atoms with Crippen molar-refractivity contribution in [3.63, 3.8) is 0 Å². The minimum atomic E-state index is -2.09. The Labute approximate surface area is 228 Å². The van der Waals surface area contributed by atoms with Crippen LogP contribution >= 0.6 is 0 Å². The van der Waals surface area contributed by atoms with Gasteiger partial charge in [-0.3, -0.25) is 4.79 Å². The summed E-state index contributed by atoms with van der Waals surface area (Å²) in [6.45, 7) is 11.7. The van der Waals surface area contributed by atoms with E-state index in [-0.39, 0.29) is 18.6 Å². The Balaban J connectivity index is 1.52. The standard InChI is InChI=1S/C29H39FO9/c1-15(2)35-24(34)37-16(3)36-23(33)28-13-20(38-25(4,5)39-28)22-19-9-8-17-12-18(31)10-11-26(17,6)29(19,30)21(32)14-27(22,28)7/h10-12,15-16,19-22,32H,8-9,13-14H2,1-7H3/t16?,19-,20+,21-,22+,26-,27-,28+,29-/m0/s1. The minimum absolute atomic E-state index is 0.0923. The summed E-state index contributed by atoms with van der Waals surface area (Å²) in [7, 11) is 0. The van der Waals surface area contributed by atoms with Crippen LogP contribution in [0.4, 0.5) is 9.18 Å². The fourth-order valence-corrected chi connectivity index (χ4v) is 8.31. The fourth-order valence-electron chi connectivity index (χ4n) is 8.31. The molecule has 10 heteroatoms. The summed E-state index contributed by atoms with van der Waals surface area (Å²) in [5, 5.41) is 11.6. The second-order valence-electron chi connectivity index (χ2n) is 12.9. The van der Waals surface area contributed by atoms with Crippen LogP contribution in [0.5, 0.6) is 0 Å². The van der Waals surface area contributed by atoms with Gasteiger partial charge in [0.1, 0.15) is 0 Å². The molecule has 0 radical (unpaired) electrons. The SMILES string of the molecule is CC(C)OC(=O)OC(C)OC(=O)[C@@]12C[C@@H](OC(C)(C)O1)[C@H]1[C@@H]3CCC4=CC(=O)C=C[C@]4(C)[C@@]3(F)[C@@H](O)C[C@@]12C. The second-order valence-corrected chi connectivity index (χ2v) is 12.9. The zero-order chi connectivity index (χ0) is 28.8. The zero-order valence-corrected chi connectivity index (χ0v) is 23.6. The third kappa shape index (κ3) is 3.92. The predicted octanol–water partition coefficient (Wildman–Crippen LogP) is 4.31. The lowest BCUT2D eigenvalue weighted by Crippen LogP contribution is -2.69. The summed E-state index contributed by atoms with van der Waals surface area (Å²) < 4.78 is 46.0. The first-order valence-corrected chi connectivity index (χ1v) is 13.8. The molecule has 0 aromatic carbocycles. The van der Waals surface area contributed by atoms with Gasteiger partial charge in [-0.15, -0.1) is 0 Å². The molecule has 4 aliphatic carbocycles. The molecule has 4 fully saturated rings. The van der Waals surface area contributed by atoms with Gasteiger partial charge < -0.3 is 28.8 Å². The number of rotatable bonds is 4. The zero-order valence-electron chi connectivity index (χ0n) is 23.6. The molecule has 1 unspecified atom stereocenters. The molecule has 39 heavy (non-hydrogen) atoms. The molecule has 1 saturated heterocycles. The number of alkyl halides is 1. The van der Waals surface area contributed by atoms with Crippen LogP contribution in [0.3, 0.4) is 0 Å². The molecule has 5 rings (SSSR count). The molecule has 1 heterocycles. The van der Waals surface area contributed by atoms with Crippen molar-refractivity contribution in [3.8, 4) is 0 Å². The van der Waals surface area contributed by atoms with Crippen molar-refractivity contribution in [1.29, 1.82) is 0 Å². The van der Waals surface area contributed by atoms with Crippen LogP contribution in [-0.2, 0) is 33.3 Å². The van der Waals surface area contributed by atoms with Gasteiger partial charge in [0.15, 0.2) is 22.8 Å². The number of ketones is 1. The van der Waals surface area contributed by atoms with E-state index in [1.807, 2.05) is 6.92 Å². The van der Waals surface area contributed by atoms with E-state index in [1.54, 1.807) is 40.7 Å². The number of hydrogen-bond donors (Lipinski definition) is 1. The van der Waals surface area contributed by atoms with Crippen molar-refractivity contribution in [2.75, 3.05) is 0 Å². The van der Waals surface area contributed by atoms with Crippen molar-refractivity contribution in [2.24, 2.45) is 22.7 Å². The van der Waals surface area contributed by atoms with Crippen molar-refractivity contribution >= 4 is 17.9 Å². The average Bonchev–Trinajstić information content (AvgIpc) is 2.97. The van der Waals surface area contributed by atoms with Crippen LogP contribution in [0.1, 0.15) is 74.1 Å². The Kier molecular flexibility index (Phi) is 6.41. The highest BCUT2D eigenvalue weighted by atomic mass is 19.1. The Morgan fingerprint density at radius 1 is 1.10 bits per heavy atom. The maximum atomic E-state index is 17.6. The van der Waals surface area contributed by atoms with Gasteiger partial charge in [-0.2, -0.15) is 0 Å².